The van der Waals surface area contributed by atoms with Crippen LogP contribution < -0.4 is 5.56 Å². The van der Waals surface area contributed by atoms with Crippen molar-refractivity contribution in [1.29, 1.82) is 5.26 Å². The van der Waals surface area contributed by atoms with Gasteiger partial charge < -0.3 is 9.30 Å². The first kappa shape index (κ1) is 14.5. The Balaban J connectivity index is 2.46. The zero-order valence-electron chi connectivity index (χ0n) is 11.8. The molecular weight excluding hydrogens is 268 g/mol. The maximum Gasteiger partial charge on any atom is 0.339 e. The van der Waals surface area contributed by atoms with Crippen molar-refractivity contribution in [2.24, 2.45) is 0 Å². The van der Waals surface area contributed by atoms with Crippen molar-refractivity contribution in [3.63, 3.8) is 0 Å². The summed E-state index contributed by atoms with van der Waals surface area (Å²) in [5.41, 5.74) is 2.04. The summed E-state index contributed by atoms with van der Waals surface area (Å²) >= 11 is 0. The number of methoxy groups -OCH3 is 1. The number of carbonyl (C=O) groups is 1. The van der Waals surface area contributed by atoms with Crippen LogP contribution in [0.1, 0.15) is 27.2 Å². The van der Waals surface area contributed by atoms with E-state index in [1.165, 1.54) is 23.8 Å². The molecule has 0 aliphatic heterocycles. The van der Waals surface area contributed by atoms with E-state index in [1.54, 1.807) is 25.1 Å². The molecule has 0 bridgehead atoms. The van der Waals surface area contributed by atoms with Gasteiger partial charge in [-0.2, -0.15) is 5.26 Å². The fraction of sp³-hybridized carbons (Fsp3) is 0.188. The lowest BCUT2D eigenvalue weighted by atomic mass is 10.1. The number of ether oxygens (including phenoxy) is 1. The first-order valence-corrected chi connectivity index (χ1v) is 6.34. The molecule has 106 valence electrons. The van der Waals surface area contributed by atoms with Crippen molar-refractivity contribution >= 4 is 5.97 Å². The summed E-state index contributed by atoms with van der Waals surface area (Å²) in [7, 11) is 1.30. The Morgan fingerprint density at radius 1 is 1.33 bits per heavy atom. The largest absolute Gasteiger partial charge is 0.465 e. The van der Waals surface area contributed by atoms with Crippen molar-refractivity contribution in [2.75, 3.05) is 7.11 Å². The molecule has 5 heteroatoms. The van der Waals surface area contributed by atoms with Crippen LogP contribution in [0.5, 0.6) is 0 Å². The van der Waals surface area contributed by atoms with Crippen molar-refractivity contribution in [3.8, 4) is 6.07 Å². The van der Waals surface area contributed by atoms with Crippen LogP contribution in [0.3, 0.4) is 0 Å². The summed E-state index contributed by atoms with van der Waals surface area (Å²) in [5, 5.41) is 8.91. The fourth-order valence-electron chi connectivity index (χ4n) is 2.12. The Bertz CT molecular complexity index is 785. The summed E-state index contributed by atoms with van der Waals surface area (Å²) in [6.07, 6.45) is 0. The Kier molecular flexibility index (Phi) is 4.19. The van der Waals surface area contributed by atoms with Crippen LogP contribution >= 0.6 is 0 Å². The third-order valence-corrected chi connectivity index (χ3v) is 3.26. The maximum atomic E-state index is 12.0. The molecule has 2 rings (SSSR count). The van der Waals surface area contributed by atoms with Crippen LogP contribution in [0.25, 0.3) is 0 Å². The third-order valence-electron chi connectivity index (χ3n) is 3.26. The van der Waals surface area contributed by atoms with E-state index >= 15 is 0 Å². The second kappa shape index (κ2) is 6.06. The number of benzene rings is 1. The number of rotatable bonds is 3. The molecule has 1 heterocycles. The molecule has 0 amide bonds. The van der Waals surface area contributed by atoms with Crippen molar-refractivity contribution in [1.82, 2.24) is 4.57 Å². The van der Waals surface area contributed by atoms with E-state index in [2.05, 4.69) is 6.07 Å². The van der Waals surface area contributed by atoms with Gasteiger partial charge in [-0.1, -0.05) is 12.1 Å². The SMILES string of the molecule is COC(=O)c1ccc(=O)n(Cc2cccc(C#N)c2)c1C. The second-order valence-electron chi connectivity index (χ2n) is 4.56. The second-order valence-corrected chi connectivity index (χ2v) is 4.56. The maximum absolute atomic E-state index is 12.0. The van der Waals surface area contributed by atoms with Crippen molar-refractivity contribution < 1.29 is 9.53 Å². The Hall–Kier alpha value is -2.87. The minimum Gasteiger partial charge on any atom is -0.465 e. The van der Waals surface area contributed by atoms with E-state index in [-0.39, 0.29) is 5.56 Å². The van der Waals surface area contributed by atoms with Crippen LogP contribution in [0.15, 0.2) is 41.2 Å². The van der Waals surface area contributed by atoms with Crippen LogP contribution in [0.2, 0.25) is 0 Å². The van der Waals surface area contributed by atoms with Crippen molar-refractivity contribution in [3.05, 3.63) is 69.1 Å². The summed E-state index contributed by atoms with van der Waals surface area (Å²) < 4.78 is 6.19. The minimum atomic E-state index is -0.480. The lowest BCUT2D eigenvalue weighted by Gasteiger charge is -2.13. The van der Waals surface area contributed by atoms with Crippen molar-refractivity contribution in [2.45, 2.75) is 13.5 Å². The average molecular weight is 282 g/mol. The molecule has 1 aromatic heterocycles. The van der Waals surface area contributed by atoms with E-state index < -0.39 is 5.97 Å². The minimum absolute atomic E-state index is 0.206. The van der Waals surface area contributed by atoms with E-state index in [0.717, 1.165) is 5.56 Å². The zero-order valence-corrected chi connectivity index (χ0v) is 11.8. The van der Waals surface area contributed by atoms with Gasteiger partial charge in [-0.3, -0.25) is 4.79 Å². The van der Waals surface area contributed by atoms with Gasteiger partial charge in [-0.05, 0) is 30.7 Å². The molecule has 0 unspecified atom stereocenters. The molecule has 0 aliphatic rings. The van der Waals surface area contributed by atoms with E-state index in [1.807, 2.05) is 6.07 Å². The van der Waals surface area contributed by atoms with Gasteiger partial charge in [-0.15, -0.1) is 0 Å². The highest BCUT2D eigenvalue weighted by Gasteiger charge is 2.13. The number of pyridine rings is 1. The molecule has 2 aromatic rings. The van der Waals surface area contributed by atoms with Gasteiger partial charge >= 0.3 is 5.97 Å². The molecule has 0 spiro atoms. The molecule has 1 aromatic carbocycles. The summed E-state index contributed by atoms with van der Waals surface area (Å²) in [6.45, 7) is 1.99. The van der Waals surface area contributed by atoms with E-state index in [4.69, 9.17) is 10.00 Å². The first-order valence-electron chi connectivity index (χ1n) is 6.34. The number of esters is 1. The monoisotopic (exact) mass is 282 g/mol. The van der Waals surface area contributed by atoms with Gasteiger partial charge in [0.05, 0.1) is 30.9 Å². The number of nitrogens with zero attached hydrogens (tertiary/aromatic N) is 2. The van der Waals surface area contributed by atoms with Gasteiger partial charge in [0.1, 0.15) is 0 Å². The van der Waals surface area contributed by atoms with Gasteiger partial charge in [-0.25, -0.2) is 4.79 Å². The standard InChI is InChI=1S/C16H14N2O3/c1-11-14(16(20)21-2)6-7-15(19)18(11)10-13-5-3-4-12(8-13)9-17/h3-8H,10H2,1-2H3. The Labute approximate surface area is 122 Å². The number of hydrogen-bond donors (Lipinski definition) is 0. The number of aromatic nitrogens is 1. The Morgan fingerprint density at radius 3 is 2.76 bits per heavy atom. The predicted octanol–water partition coefficient (Wildman–Crippen LogP) is 1.86. The molecule has 5 nitrogen and oxygen atoms in total. The smallest absolute Gasteiger partial charge is 0.339 e. The molecular formula is C16H14N2O3. The fourth-order valence-corrected chi connectivity index (χ4v) is 2.12. The van der Waals surface area contributed by atoms with Crippen LogP contribution in [-0.4, -0.2) is 17.6 Å². The topological polar surface area (TPSA) is 72.1 Å². The quantitative estimate of drug-likeness (QED) is 0.806. The van der Waals surface area contributed by atoms with Gasteiger partial charge in [0.2, 0.25) is 0 Å². The lowest BCUT2D eigenvalue weighted by Crippen LogP contribution is -2.24. The summed E-state index contributed by atoms with van der Waals surface area (Å²) in [5.74, 6) is -0.480. The van der Waals surface area contributed by atoms with Crippen LogP contribution in [-0.2, 0) is 11.3 Å². The highest BCUT2D eigenvalue weighted by Crippen LogP contribution is 2.11. The number of nitriles is 1. The average Bonchev–Trinajstić information content (AvgIpc) is 2.51. The van der Waals surface area contributed by atoms with Gasteiger partial charge in [0.25, 0.3) is 5.56 Å². The molecule has 21 heavy (non-hydrogen) atoms. The van der Waals surface area contributed by atoms with E-state index in [9.17, 15) is 9.59 Å². The number of carbonyl (C=O) groups excluding carboxylic acids is 1. The Morgan fingerprint density at radius 2 is 2.10 bits per heavy atom. The van der Waals surface area contributed by atoms with Gasteiger partial charge in [0, 0.05) is 11.8 Å². The molecule has 0 fully saturated rings. The number of hydrogen-bond acceptors (Lipinski definition) is 4. The molecule has 0 aliphatic carbocycles. The highest BCUT2D eigenvalue weighted by molar-refractivity contribution is 5.90. The predicted molar refractivity (Wildman–Crippen MR) is 77.0 cm³/mol. The van der Waals surface area contributed by atoms with E-state index in [0.29, 0.717) is 23.4 Å². The normalized spacial score (nSPS) is 9.95. The summed E-state index contributed by atoms with van der Waals surface area (Å²) in [4.78, 5) is 23.7. The van der Waals surface area contributed by atoms with Crippen LogP contribution in [0.4, 0.5) is 0 Å². The molecule has 0 N–H and O–H groups in total. The summed E-state index contributed by atoms with van der Waals surface area (Å²) in [6, 6.07) is 11.9. The zero-order chi connectivity index (χ0) is 15.4. The van der Waals surface area contributed by atoms with Gasteiger partial charge in [0.15, 0.2) is 0 Å². The molecule has 0 atom stereocenters. The molecule has 0 radical (unpaired) electrons. The lowest BCUT2D eigenvalue weighted by molar-refractivity contribution is 0.0598. The molecule has 0 saturated heterocycles. The molecule has 0 saturated carbocycles. The van der Waals surface area contributed by atoms with Crippen LogP contribution in [0, 0.1) is 18.3 Å². The first-order chi connectivity index (χ1) is 10.1. The third kappa shape index (κ3) is 3.00. The highest BCUT2D eigenvalue weighted by atomic mass is 16.5.